The van der Waals surface area contributed by atoms with Crippen LogP contribution >= 0.6 is 0 Å². The maximum Gasteiger partial charge on any atom is 0.0744 e. The number of aryl methyl sites for hydroxylation is 2. The van der Waals surface area contributed by atoms with Gasteiger partial charge in [0.15, 0.2) is 0 Å². The van der Waals surface area contributed by atoms with E-state index in [4.69, 9.17) is 10.1 Å². The molecule has 0 atom stereocenters. The summed E-state index contributed by atoms with van der Waals surface area (Å²) >= 11 is 0. The van der Waals surface area contributed by atoms with Crippen LogP contribution in [-0.2, 0) is 5.41 Å². The first-order valence-corrected chi connectivity index (χ1v) is 10.9. The molecule has 5 aromatic rings. The van der Waals surface area contributed by atoms with Gasteiger partial charge in [0.05, 0.1) is 28.2 Å². The van der Waals surface area contributed by atoms with E-state index in [1.165, 1.54) is 10.8 Å². The monoisotopic (exact) mass is 418 g/mol. The van der Waals surface area contributed by atoms with Crippen LogP contribution in [0.15, 0.2) is 85.1 Å². The molecule has 0 fully saturated rings. The van der Waals surface area contributed by atoms with E-state index < -0.39 is 0 Å². The van der Waals surface area contributed by atoms with Gasteiger partial charge in [0, 0.05) is 28.5 Å². The van der Waals surface area contributed by atoms with Crippen LogP contribution in [0, 0.1) is 13.8 Å². The van der Waals surface area contributed by atoms with Crippen molar-refractivity contribution >= 4 is 10.8 Å². The molecule has 0 bridgehead atoms. The highest BCUT2D eigenvalue weighted by Crippen LogP contribution is 2.32. The average molecular weight is 419 g/mol. The predicted molar refractivity (Wildman–Crippen MR) is 130 cm³/mol. The molecule has 0 amide bonds. The summed E-state index contributed by atoms with van der Waals surface area (Å²) in [5.41, 5.74) is 6.70. The lowest BCUT2D eigenvalue weighted by atomic mass is 9.85. The molecule has 0 radical (unpaired) electrons. The number of benzene rings is 2. The quantitative estimate of drug-likeness (QED) is 0.338. The minimum Gasteiger partial charge on any atom is -0.258 e. The average Bonchev–Trinajstić information content (AvgIpc) is 3.30. The van der Waals surface area contributed by atoms with Crippen LogP contribution in [-0.4, -0.2) is 19.7 Å². The van der Waals surface area contributed by atoms with Crippen LogP contribution < -0.4 is 0 Å². The highest BCUT2D eigenvalue weighted by molar-refractivity contribution is 5.90. The molecule has 0 unspecified atom stereocenters. The van der Waals surface area contributed by atoms with Gasteiger partial charge in [-0.05, 0) is 69.5 Å². The fourth-order valence-corrected chi connectivity index (χ4v) is 4.22. The minimum atomic E-state index is -0.349. The lowest BCUT2D eigenvalue weighted by molar-refractivity contribution is 0.586. The van der Waals surface area contributed by atoms with Crippen molar-refractivity contribution in [1.29, 1.82) is 0 Å². The summed E-state index contributed by atoms with van der Waals surface area (Å²) < 4.78 is 1.97. The van der Waals surface area contributed by atoms with Crippen LogP contribution in [0.4, 0.5) is 0 Å². The van der Waals surface area contributed by atoms with Crippen LogP contribution in [0.2, 0.25) is 0 Å². The van der Waals surface area contributed by atoms with Gasteiger partial charge in [-0.15, -0.1) is 0 Å². The number of rotatable bonds is 4. The van der Waals surface area contributed by atoms with E-state index in [-0.39, 0.29) is 5.41 Å². The van der Waals surface area contributed by atoms with Crippen molar-refractivity contribution in [2.24, 2.45) is 0 Å². The van der Waals surface area contributed by atoms with E-state index in [2.05, 4.69) is 85.6 Å². The molecular formula is C28H26N4. The first-order valence-electron chi connectivity index (χ1n) is 10.9. The van der Waals surface area contributed by atoms with Gasteiger partial charge in [0.2, 0.25) is 0 Å². The fourth-order valence-electron chi connectivity index (χ4n) is 4.22. The Labute approximate surface area is 188 Å². The van der Waals surface area contributed by atoms with Crippen molar-refractivity contribution in [3.63, 3.8) is 0 Å². The number of pyridine rings is 2. The maximum atomic E-state index is 5.02. The van der Waals surface area contributed by atoms with E-state index >= 15 is 0 Å². The second-order valence-corrected chi connectivity index (χ2v) is 8.76. The summed E-state index contributed by atoms with van der Waals surface area (Å²) in [6, 6.07) is 27.1. The molecule has 0 N–H and O–H groups in total. The zero-order valence-corrected chi connectivity index (χ0v) is 18.9. The molecule has 158 valence electrons. The summed E-state index contributed by atoms with van der Waals surface area (Å²) in [5, 5.41) is 7.37. The smallest absolute Gasteiger partial charge is 0.0744 e. The first kappa shape index (κ1) is 20.1. The van der Waals surface area contributed by atoms with Gasteiger partial charge < -0.3 is 0 Å². The molecule has 3 aromatic heterocycles. The molecular weight excluding hydrogens is 392 g/mol. The summed E-state index contributed by atoms with van der Waals surface area (Å²) in [5.74, 6) is 0. The molecule has 0 aliphatic heterocycles. The highest BCUT2D eigenvalue weighted by atomic mass is 15.3. The van der Waals surface area contributed by atoms with E-state index in [0.29, 0.717) is 0 Å². The third kappa shape index (κ3) is 3.48. The van der Waals surface area contributed by atoms with Crippen molar-refractivity contribution in [2.45, 2.75) is 33.1 Å². The zero-order chi connectivity index (χ0) is 22.3. The Kier molecular flexibility index (Phi) is 4.86. The first-order chi connectivity index (χ1) is 15.4. The Morgan fingerprint density at radius 2 is 1.50 bits per heavy atom. The Balaban J connectivity index is 1.54. The largest absolute Gasteiger partial charge is 0.258 e. The standard InChI is InChI=1S/C28H26N4/c1-19-15-16-22(20(2)29-19)24-12-8-14-26(30-24)28(3,4)27-17-18-32(31-27)25-13-7-10-21-9-5-6-11-23(21)25/h5-18H,1-4H3. The molecule has 4 nitrogen and oxygen atoms in total. The van der Waals surface area contributed by atoms with Gasteiger partial charge in [-0.1, -0.05) is 42.5 Å². The SMILES string of the molecule is Cc1ccc(-c2cccc(C(C)(C)c3ccn(-c4cccc5ccccc45)n3)n2)c(C)n1. The van der Waals surface area contributed by atoms with Gasteiger partial charge in [-0.3, -0.25) is 9.97 Å². The number of fused-ring (bicyclic) bond motifs is 1. The molecule has 0 spiro atoms. The molecule has 4 heteroatoms. The number of hydrogen-bond donors (Lipinski definition) is 0. The Hall–Kier alpha value is -3.79. The summed E-state index contributed by atoms with van der Waals surface area (Å²) in [6.07, 6.45) is 2.04. The second-order valence-electron chi connectivity index (χ2n) is 8.76. The van der Waals surface area contributed by atoms with E-state index in [9.17, 15) is 0 Å². The minimum absolute atomic E-state index is 0.349. The highest BCUT2D eigenvalue weighted by Gasteiger charge is 2.28. The third-order valence-corrected chi connectivity index (χ3v) is 6.13. The summed E-state index contributed by atoms with van der Waals surface area (Å²) in [7, 11) is 0. The summed E-state index contributed by atoms with van der Waals surface area (Å²) in [4.78, 5) is 9.63. The van der Waals surface area contributed by atoms with Gasteiger partial charge in [0.1, 0.15) is 0 Å². The van der Waals surface area contributed by atoms with Crippen LogP contribution in [0.25, 0.3) is 27.7 Å². The zero-order valence-electron chi connectivity index (χ0n) is 18.9. The maximum absolute atomic E-state index is 5.02. The van der Waals surface area contributed by atoms with Crippen LogP contribution in [0.5, 0.6) is 0 Å². The van der Waals surface area contributed by atoms with Gasteiger partial charge in [-0.2, -0.15) is 5.10 Å². The Bertz CT molecular complexity index is 1420. The predicted octanol–water partition coefficient (Wildman–Crippen LogP) is 6.43. The molecule has 2 aromatic carbocycles. The molecule has 0 aliphatic rings. The lowest BCUT2D eigenvalue weighted by Crippen LogP contribution is -2.22. The van der Waals surface area contributed by atoms with Crippen molar-refractivity contribution in [2.75, 3.05) is 0 Å². The molecule has 0 aliphatic carbocycles. The van der Waals surface area contributed by atoms with E-state index in [0.717, 1.165) is 39.7 Å². The number of nitrogens with zero attached hydrogens (tertiary/aromatic N) is 4. The summed E-state index contributed by atoms with van der Waals surface area (Å²) in [6.45, 7) is 8.40. The van der Waals surface area contributed by atoms with Crippen molar-refractivity contribution in [3.05, 3.63) is 108 Å². The molecule has 3 heterocycles. The second kappa shape index (κ2) is 7.72. The van der Waals surface area contributed by atoms with Gasteiger partial charge in [-0.25, -0.2) is 4.68 Å². The van der Waals surface area contributed by atoms with Crippen molar-refractivity contribution < 1.29 is 0 Å². The molecule has 0 saturated carbocycles. The topological polar surface area (TPSA) is 43.6 Å². The van der Waals surface area contributed by atoms with Crippen molar-refractivity contribution in [3.8, 4) is 16.9 Å². The molecule has 32 heavy (non-hydrogen) atoms. The number of aromatic nitrogens is 4. The van der Waals surface area contributed by atoms with Crippen LogP contribution in [0.3, 0.4) is 0 Å². The van der Waals surface area contributed by atoms with E-state index in [1.807, 2.05) is 36.9 Å². The van der Waals surface area contributed by atoms with E-state index in [1.54, 1.807) is 0 Å². The van der Waals surface area contributed by atoms with Crippen LogP contribution in [0.1, 0.15) is 36.6 Å². The van der Waals surface area contributed by atoms with Gasteiger partial charge >= 0.3 is 0 Å². The van der Waals surface area contributed by atoms with Gasteiger partial charge in [0.25, 0.3) is 0 Å². The van der Waals surface area contributed by atoms with Crippen molar-refractivity contribution in [1.82, 2.24) is 19.7 Å². The lowest BCUT2D eigenvalue weighted by Gasteiger charge is -2.22. The normalized spacial score (nSPS) is 11.8. The fraction of sp³-hybridized carbons (Fsp3) is 0.179. The molecule has 0 saturated heterocycles. The Morgan fingerprint density at radius 1 is 0.719 bits per heavy atom. The third-order valence-electron chi connectivity index (χ3n) is 6.13. The molecule has 5 rings (SSSR count). The Morgan fingerprint density at radius 3 is 2.34 bits per heavy atom. The number of hydrogen-bond acceptors (Lipinski definition) is 3.